The van der Waals surface area contributed by atoms with Gasteiger partial charge in [0.15, 0.2) is 0 Å². The fourth-order valence-electron chi connectivity index (χ4n) is 2.35. The van der Waals surface area contributed by atoms with Gasteiger partial charge >= 0.3 is 11.0 Å². The Morgan fingerprint density at radius 1 is 1.16 bits per heavy atom. The molecule has 0 unspecified atom stereocenters. The third-order valence-electron chi connectivity index (χ3n) is 3.54. The first-order valence-corrected chi connectivity index (χ1v) is 7.91. The summed E-state index contributed by atoms with van der Waals surface area (Å²) in [6, 6.07) is 8.65. The van der Waals surface area contributed by atoms with E-state index in [4.69, 9.17) is 0 Å². The molecule has 0 saturated carbocycles. The van der Waals surface area contributed by atoms with E-state index in [2.05, 4.69) is 5.32 Å². The van der Waals surface area contributed by atoms with Gasteiger partial charge < -0.3 is 0 Å². The minimum Gasteiger partial charge on any atom is -0.273 e. The number of nitrogens with one attached hydrogen (secondary N) is 1. The normalized spacial score (nSPS) is 16.3. The minimum atomic E-state index is -0.837. The van der Waals surface area contributed by atoms with Crippen molar-refractivity contribution in [3.63, 3.8) is 0 Å². The number of amides is 4. The van der Waals surface area contributed by atoms with Gasteiger partial charge in [-0.3, -0.25) is 25.0 Å². The van der Waals surface area contributed by atoms with Crippen LogP contribution < -0.4 is 10.2 Å². The lowest BCUT2D eigenvalue weighted by molar-refractivity contribution is -0.380. The first-order valence-electron chi connectivity index (χ1n) is 7.10. The van der Waals surface area contributed by atoms with E-state index in [1.165, 1.54) is 18.2 Å². The molecule has 4 amide bonds. The number of nitro groups is 1. The Hall–Kier alpha value is -3.33. The van der Waals surface area contributed by atoms with Gasteiger partial charge in [0.25, 0.3) is 11.8 Å². The Bertz CT molecular complexity index is 947. The molecule has 0 aliphatic carbocycles. The molecule has 1 aliphatic rings. The summed E-state index contributed by atoms with van der Waals surface area (Å²) < 4.78 is 0. The second-order valence-electron chi connectivity index (χ2n) is 5.18. The van der Waals surface area contributed by atoms with E-state index >= 15 is 0 Å². The number of hydrogen-bond acceptors (Lipinski definition) is 6. The third-order valence-corrected chi connectivity index (χ3v) is 4.52. The van der Waals surface area contributed by atoms with Gasteiger partial charge in [-0.05, 0) is 30.7 Å². The van der Waals surface area contributed by atoms with Crippen molar-refractivity contribution in [2.45, 2.75) is 6.92 Å². The summed E-state index contributed by atoms with van der Waals surface area (Å²) in [6.07, 6.45) is 1.24. The zero-order valence-electron chi connectivity index (χ0n) is 12.9. The second-order valence-corrected chi connectivity index (χ2v) is 6.27. The lowest BCUT2D eigenvalue weighted by Crippen LogP contribution is -2.54. The van der Waals surface area contributed by atoms with Crippen LogP contribution in [0.25, 0.3) is 6.08 Å². The van der Waals surface area contributed by atoms with Crippen LogP contribution in [0.15, 0.2) is 42.0 Å². The fourth-order valence-corrected chi connectivity index (χ4v) is 3.12. The van der Waals surface area contributed by atoms with Crippen LogP contribution in [-0.2, 0) is 9.59 Å². The highest BCUT2D eigenvalue weighted by molar-refractivity contribution is 7.16. The van der Waals surface area contributed by atoms with Crippen molar-refractivity contribution >= 4 is 45.9 Å². The molecule has 9 heteroatoms. The number of rotatable bonds is 3. The molecular weight excluding hydrogens is 346 g/mol. The Morgan fingerprint density at radius 2 is 1.88 bits per heavy atom. The fraction of sp³-hybridized carbons (Fsp3) is 0.0625. The van der Waals surface area contributed by atoms with E-state index in [-0.39, 0.29) is 10.6 Å². The van der Waals surface area contributed by atoms with Crippen LogP contribution in [-0.4, -0.2) is 22.8 Å². The standard InChI is InChI=1S/C16H11N3O5S/c1-9-4-2-3-5-12(9)18-15(21)11(14(20)17-16(18)22)8-10-6-7-13(25-10)19(23)24/h2-8H,1H3,(H,17,20,22). The van der Waals surface area contributed by atoms with Crippen molar-refractivity contribution in [3.8, 4) is 0 Å². The van der Waals surface area contributed by atoms with Crippen LogP contribution in [0, 0.1) is 17.0 Å². The van der Waals surface area contributed by atoms with Gasteiger partial charge in [0.1, 0.15) is 5.57 Å². The van der Waals surface area contributed by atoms with E-state index in [1.807, 2.05) is 0 Å². The van der Waals surface area contributed by atoms with Gasteiger partial charge in [0.05, 0.1) is 10.6 Å². The van der Waals surface area contributed by atoms with Crippen LogP contribution in [0.5, 0.6) is 0 Å². The molecule has 0 radical (unpaired) electrons. The molecule has 1 aliphatic heterocycles. The topological polar surface area (TPSA) is 110 Å². The first-order chi connectivity index (χ1) is 11.9. The molecule has 3 rings (SSSR count). The summed E-state index contributed by atoms with van der Waals surface area (Å²) in [4.78, 5) is 48.3. The van der Waals surface area contributed by atoms with Crippen molar-refractivity contribution in [1.29, 1.82) is 0 Å². The predicted molar refractivity (Wildman–Crippen MR) is 91.2 cm³/mol. The average Bonchev–Trinajstić information content (AvgIpc) is 3.02. The molecule has 1 fully saturated rings. The molecule has 1 aromatic carbocycles. The van der Waals surface area contributed by atoms with E-state index in [0.29, 0.717) is 16.1 Å². The molecule has 2 heterocycles. The molecule has 1 N–H and O–H groups in total. The van der Waals surface area contributed by atoms with Gasteiger partial charge in [-0.1, -0.05) is 29.5 Å². The van der Waals surface area contributed by atoms with Gasteiger partial charge in [-0.2, -0.15) is 0 Å². The average molecular weight is 357 g/mol. The summed E-state index contributed by atoms with van der Waals surface area (Å²) >= 11 is 0.829. The highest BCUT2D eigenvalue weighted by atomic mass is 32.1. The summed E-state index contributed by atoms with van der Waals surface area (Å²) in [5.41, 5.74) is 0.784. The molecule has 25 heavy (non-hydrogen) atoms. The van der Waals surface area contributed by atoms with Crippen LogP contribution in [0.2, 0.25) is 0 Å². The maximum Gasteiger partial charge on any atom is 0.335 e. The molecule has 0 bridgehead atoms. The number of benzene rings is 1. The summed E-state index contributed by atoms with van der Waals surface area (Å²) in [5.74, 6) is -1.62. The Balaban J connectivity index is 2.02. The van der Waals surface area contributed by atoms with Gasteiger partial charge in [-0.15, -0.1) is 0 Å². The summed E-state index contributed by atoms with van der Waals surface area (Å²) in [5, 5.41) is 12.8. The van der Waals surface area contributed by atoms with E-state index < -0.39 is 22.8 Å². The molecule has 1 aromatic heterocycles. The second kappa shape index (κ2) is 6.29. The number of anilines is 1. The van der Waals surface area contributed by atoms with Crippen molar-refractivity contribution in [2.75, 3.05) is 4.90 Å². The molecule has 0 spiro atoms. The molecule has 2 aromatic rings. The lowest BCUT2D eigenvalue weighted by atomic mass is 10.1. The van der Waals surface area contributed by atoms with Crippen molar-refractivity contribution in [3.05, 3.63) is 62.5 Å². The number of nitrogens with zero attached hydrogens (tertiary/aromatic N) is 2. The zero-order valence-corrected chi connectivity index (χ0v) is 13.7. The zero-order chi connectivity index (χ0) is 18.1. The number of imide groups is 2. The molecule has 8 nitrogen and oxygen atoms in total. The molecule has 126 valence electrons. The molecule has 0 atom stereocenters. The van der Waals surface area contributed by atoms with E-state index in [0.717, 1.165) is 16.2 Å². The van der Waals surface area contributed by atoms with E-state index in [9.17, 15) is 24.5 Å². The Labute approximate surface area is 145 Å². The lowest BCUT2D eigenvalue weighted by Gasteiger charge is -2.27. The number of carbonyl (C=O) groups excluding carboxylic acids is 3. The maximum absolute atomic E-state index is 12.7. The highest BCUT2D eigenvalue weighted by Crippen LogP contribution is 2.28. The van der Waals surface area contributed by atoms with Crippen molar-refractivity contribution in [2.24, 2.45) is 0 Å². The summed E-state index contributed by atoms with van der Waals surface area (Å²) in [7, 11) is 0. The maximum atomic E-state index is 12.7. The van der Waals surface area contributed by atoms with Gasteiger partial charge in [-0.25, -0.2) is 9.69 Å². The first kappa shape index (κ1) is 16.5. The number of urea groups is 1. The number of barbiturate groups is 1. The molecule has 1 saturated heterocycles. The van der Waals surface area contributed by atoms with Gasteiger partial charge in [0.2, 0.25) is 0 Å². The number of thiophene rings is 1. The Kier molecular flexibility index (Phi) is 4.15. The van der Waals surface area contributed by atoms with Gasteiger partial charge in [0, 0.05) is 10.9 Å². The number of carbonyl (C=O) groups is 3. The molecular formula is C16H11N3O5S. The summed E-state index contributed by atoms with van der Waals surface area (Å²) in [6.45, 7) is 1.73. The quantitative estimate of drug-likeness (QED) is 0.393. The van der Waals surface area contributed by atoms with Crippen LogP contribution in [0.1, 0.15) is 10.4 Å². The Morgan fingerprint density at radius 3 is 2.52 bits per heavy atom. The number of hydrogen-bond donors (Lipinski definition) is 1. The third kappa shape index (κ3) is 3.04. The van der Waals surface area contributed by atoms with Crippen LogP contribution in [0.4, 0.5) is 15.5 Å². The monoisotopic (exact) mass is 357 g/mol. The number of para-hydroxylation sites is 1. The predicted octanol–water partition coefficient (Wildman–Crippen LogP) is 2.63. The van der Waals surface area contributed by atoms with Crippen molar-refractivity contribution < 1.29 is 19.3 Å². The largest absolute Gasteiger partial charge is 0.335 e. The van der Waals surface area contributed by atoms with Crippen LogP contribution >= 0.6 is 11.3 Å². The smallest absolute Gasteiger partial charge is 0.273 e. The SMILES string of the molecule is Cc1ccccc1N1C(=O)NC(=O)C(=Cc2ccc([N+](=O)[O-])s2)C1=O. The highest BCUT2D eigenvalue weighted by Gasteiger charge is 2.37. The number of aryl methyl sites for hydroxylation is 1. The minimum absolute atomic E-state index is 0.109. The van der Waals surface area contributed by atoms with E-state index in [1.54, 1.807) is 31.2 Å². The van der Waals surface area contributed by atoms with Crippen molar-refractivity contribution in [1.82, 2.24) is 5.32 Å². The van der Waals surface area contributed by atoms with Crippen LogP contribution in [0.3, 0.4) is 0 Å².